The second-order valence-electron chi connectivity index (χ2n) is 29.9. The molecular formula is C79H115N11O19S. The van der Waals surface area contributed by atoms with Crippen LogP contribution in [0.25, 0.3) is 0 Å². The van der Waals surface area contributed by atoms with Crippen molar-refractivity contribution in [3.63, 3.8) is 0 Å². The van der Waals surface area contributed by atoms with E-state index in [1.807, 2.05) is 53.5 Å². The number of urea groups is 1. The molecule has 0 spiro atoms. The van der Waals surface area contributed by atoms with Crippen molar-refractivity contribution in [3.8, 4) is 5.75 Å². The van der Waals surface area contributed by atoms with E-state index < -0.39 is 96.7 Å². The maximum Gasteiger partial charge on any atom is 0.415 e. The number of hydrogen-bond donors (Lipinski definition) is 6. The largest absolute Gasteiger partial charge is 0.481 e. The van der Waals surface area contributed by atoms with Crippen LogP contribution >= 0.6 is 11.3 Å². The zero-order valence-corrected chi connectivity index (χ0v) is 66.8. The number of amides is 10. The summed E-state index contributed by atoms with van der Waals surface area (Å²) < 4.78 is 22.9. The lowest BCUT2D eigenvalue weighted by Gasteiger charge is -2.39. The minimum Gasteiger partial charge on any atom is -0.481 e. The van der Waals surface area contributed by atoms with E-state index in [2.05, 4.69) is 26.3 Å². The Morgan fingerprint density at radius 3 is 2.02 bits per heavy atom. The SMILES string of the molecule is CC[C@H](C)[C@H](CC(=O)[C@H]1CCCCN1C)C(=O)N(COC(=O)CC(C)C)[C@H](C[C@@H](OC(C)=O)c1nc(C(=O)N[C@@H](Cc2ccc(OC(=O)N(C)CCN(C)C(=O)OCc3ccc(NC(=O)[C@@H](CCCNC(N)=O)CC(=O)[C@H](NC(=O)CCCCCN4C(=O)C=CC4=O)C(C)C)cc3)cc2)C[C@H](C)C(=O)O)cs1)C(C)C. The van der Waals surface area contributed by atoms with Gasteiger partial charge in [-0.3, -0.25) is 62.5 Å². The fourth-order valence-electron chi connectivity index (χ4n) is 12.9. The molecule has 606 valence electrons. The molecule has 2 aliphatic rings. The number of likely N-dealkylation sites (N-methyl/N-ethyl adjacent to an activating group) is 3. The Morgan fingerprint density at radius 1 is 0.764 bits per heavy atom. The molecule has 3 heterocycles. The number of ketones is 2. The monoisotopic (exact) mass is 1550 g/mol. The lowest BCUT2D eigenvalue weighted by Crippen LogP contribution is -2.50. The van der Waals surface area contributed by atoms with Gasteiger partial charge in [-0.25, -0.2) is 19.4 Å². The quantitative estimate of drug-likeness (QED) is 0.0101. The number of imide groups is 1. The fraction of sp³-hybridized carbons (Fsp3) is 0.608. The first-order valence-corrected chi connectivity index (χ1v) is 39.0. The Balaban J connectivity index is 1.15. The average molecular weight is 1550 g/mol. The number of carbonyl (C=O) groups excluding carboxylic acids is 13. The van der Waals surface area contributed by atoms with E-state index in [0.717, 1.165) is 35.6 Å². The first-order chi connectivity index (χ1) is 52.0. The summed E-state index contributed by atoms with van der Waals surface area (Å²) in [5.41, 5.74) is 6.82. The van der Waals surface area contributed by atoms with E-state index in [4.69, 9.17) is 24.7 Å². The standard InChI is InChI=1S/C79H115N11O19S/c1-14-51(8)60(43-64(92)62-22-17-19-35-86(62)11)75(100)90(47-107-70(97)39-48(2)3)63(49(4)5)44-66(108-53(10)91)74-84-61(46-110-74)73(99)83-58(40-52(9)76(101)102)41-54-26-30-59(31-27-54)109-79(105)88(13)38-37-87(12)78(104)106-45-55-24-28-57(29-25-55)82-72(98)56(21-20-34-81-77(80)103)42-65(93)71(50(6)7)85-67(94)23-16-15-18-36-89-68(95)32-33-69(89)96/h24-33,46,48-52,56,58,60,62-63,66,71H,14-23,34-45,47H2,1-13H3,(H,82,98)(H,83,99)(H,85,94)(H,101,102)(H3,80,81,103)/t51-,52-,56-,58+,60-,62+,63+,66+,71+/m0/s1. The summed E-state index contributed by atoms with van der Waals surface area (Å²) >= 11 is 1.05. The molecule has 110 heavy (non-hydrogen) atoms. The number of aromatic nitrogens is 1. The van der Waals surface area contributed by atoms with E-state index >= 15 is 4.79 Å². The van der Waals surface area contributed by atoms with E-state index in [-0.39, 0.29) is 166 Å². The van der Waals surface area contributed by atoms with Crippen molar-refractivity contribution < 1.29 is 91.2 Å². The number of likely N-dealkylation sites (tertiary alicyclic amines) is 1. The van der Waals surface area contributed by atoms with Crippen LogP contribution < -0.4 is 31.7 Å². The number of nitrogens with one attached hydrogen (secondary N) is 4. The number of nitrogens with two attached hydrogens (primary N) is 1. The summed E-state index contributed by atoms with van der Waals surface area (Å²) in [4.78, 5) is 195. The predicted octanol–water partition coefficient (Wildman–Crippen LogP) is 9.38. The maximum absolute atomic E-state index is 15.1. The highest BCUT2D eigenvalue weighted by atomic mass is 32.1. The molecule has 3 aromatic rings. The number of thiazole rings is 1. The number of nitrogens with zero attached hydrogens (tertiary/aromatic N) is 6. The molecule has 0 saturated carbocycles. The van der Waals surface area contributed by atoms with Crippen LogP contribution in [0.2, 0.25) is 0 Å². The van der Waals surface area contributed by atoms with Crippen molar-refractivity contribution in [1.29, 1.82) is 0 Å². The Labute approximate surface area is 649 Å². The molecule has 1 saturated heterocycles. The van der Waals surface area contributed by atoms with Crippen LogP contribution in [0.1, 0.15) is 198 Å². The number of carboxylic acids is 1. The van der Waals surface area contributed by atoms with Gasteiger partial charge in [0.1, 0.15) is 23.1 Å². The fourth-order valence-corrected chi connectivity index (χ4v) is 13.8. The van der Waals surface area contributed by atoms with Crippen LogP contribution in [0.3, 0.4) is 0 Å². The zero-order chi connectivity index (χ0) is 81.5. The van der Waals surface area contributed by atoms with E-state index in [1.165, 1.54) is 60.2 Å². The Kier molecular flexibility index (Phi) is 37.6. The summed E-state index contributed by atoms with van der Waals surface area (Å²) in [5.74, 6) is -8.41. The van der Waals surface area contributed by atoms with Gasteiger partial charge in [-0.05, 0) is 124 Å². The lowest BCUT2D eigenvalue weighted by atomic mass is 9.82. The molecular weight excluding hydrogens is 1440 g/mol. The highest BCUT2D eigenvalue weighted by Gasteiger charge is 2.41. The molecule has 30 nitrogen and oxygen atoms in total. The van der Waals surface area contributed by atoms with Gasteiger partial charge in [0.2, 0.25) is 17.7 Å². The van der Waals surface area contributed by atoms with Gasteiger partial charge in [0.15, 0.2) is 24.4 Å². The molecule has 9 atom stereocenters. The van der Waals surface area contributed by atoms with Crippen LogP contribution in [-0.4, -0.2) is 202 Å². The highest BCUT2D eigenvalue weighted by molar-refractivity contribution is 7.09. The molecule has 0 bridgehead atoms. The summed E-state index contributed by atoms with van der Waals surface area (Å²) in [6.07, 6.45) is 5.28. The van der Waals surface area contributed by atoms with Gasteiger partial charge in [0.25, 0.3) is 17.7 Å². The molecule has 2 aromatic carbocycles. The molecule has 1 aromatic heterocycles. The van der Waals surface area contributed by atoms with Gasteiger partial charge in [0.05, 0.1) is 18.0 Å². The number of carbonyl (C=O) groups is 14. The summed E-state index contributed by atoms with van der Waals surface area (Å²) in [5, 5.41) is 22.8. The zero-order valence-electron chi connectivity index (χ0n) is 66.0. The Hall–Kier alpha value is -9.65. The van der Waals surface area contributed by atoms with Gasteiger partial charge in [-0.2, -0.15) is 0 Å². The smallest absolute Gasteiger partial charge is 0.415 e. The van der Waals surface area contributed by atoms with Gasteiger partial charge in [0, 0.05) is 126 Å². The predicted molar refractivity (Wildman–Crippen MR) is 410 cm³/mol. The average Bonchev–Trinajstić information content (AvgIpc) is 1.32. The molecule has 7 N–H and O–H groups in total. The normalized spacial score (nSPS) is 15.8. The molecule has 0 radical (unpaired) electrons. The van der Waals surface area contributed by atoms with Gasteiger partial charge in [-0.1, -0.05) is 106 Å². The molecule has 31 heteroatoms. The number of carboxylic acid groups (broad SMARTS) is 1. The number of esters is 2. The Morgan fingerprint density at radius 2 is 1.42 bits per heavy atom. The van der Waals surface area contributed by atoms with E-state index in [1.54, 1.807) is 62.4 Å². The molecule has 10 amide bonds. The van der Waals surface area contributed by atoms with Crippen molar-refractivity contribution in [2.45, 2.75) is 209 Å². The number of aliphatic carboxylic acids is 1. The lowest BCUT2D eigenvalue weighted by molar-refractivity contribution is -0.162. The third kappa shape index (κ3) is 30.3. The van der Waals surface area contributed by atoms with Crippen LogP contribution in [0.5, 0.6) is 5.75 Å². The number of anilines is 1. The number of ether oxygens (including phenoxy) is 4. The molecule has 0 unspecified atom stereocenters. The van der Waals surface area contributed by atoms with Gasteiger partial charge in [-0.15, -0.1) is 11.3 Å². The van der Waals surface area contributed by atoms with Crippen LogP contribution in [-0.2, 0) is 75.2 Å². The van der Waals surface area contributed by atoms with Crippen LogP contribution in [0.15, 0.2) is 66.1 Å². The number of piperidine rings is 1. The van der Waals surface area contributed by atoms with Crippen LogP contribution in [0.4, 0.5) is 20.1 Å². The highest BCUT2D eigenvalue weighted by Crippen LogP contribution is 2.35. The molecule has 2 aliphatic heterocycles. The minimum absolute atomic E-state index is 0.00697. The maximum atomic E-state index is 15.1. The second-order valence-corrected chi connectivity index (χ2v) is 30.8. The van der Waals surface area contributed by atoms with Crippen molar-refractivity contribution in [2.75, 3.05) is 65.9 Å². The van der Waals surface area contributed by atoms with Crippen molar-refractivity contribution in [2.24, 2.45) is 47.2 Å². The van der Waals surface area contributed by atoms with Crippen LogP contribution in [0, 0.1) is 41.4 Å². The number of primary amides is 1. The van der Waals surface area contributed by atoms with Crippen molar-refractivity contribution >= 4 is 100 Å². The second kappa shape index (κ2) is 45.5. The number of unbranched alkanes of at least 4 members (excludes halogenated alkanes) is 2. The first-order valence-electron chi connectivity index (χ1n) is 38.1. The number of Topliss-reactive ketones (excluding diaryl/α,β-unsaturated/α-hetero) is 2. The topological polar surface area (TPSA) is 399 Å². The van der Waals surface area contributed by atoms with Gasteiger partial charge >= 0.3 is 36.1 Å². The van der Waals surface area contributed by atoms with Crippen molar-refractivity contribution in [1.82, 2.24) is 45.4 Å². The molecule has 5 rings (SSSR count). The van der Waals surface area contributed by atoms with Crippen molar-refractivity contribution in [3.05, 3.63) is 87.9 Å². The summed E-state index contributed by atoms with van der Waals surface area (Å²) in [6.45, 7) is 18.4. The molecule has 0 aliphatic carbocycles. The Bertz CT molecular complexity index is 3640. The molecule has 1 fully saturated rings. The third-order valence-electron chi connectivity index (χ3n) is 19.7. The van der Waals surface area contributed by atoms with E-state index in [9.17, 15) is 67.4 Å². The van der Waals surface area contributed by atoms with Gasteiger partial charge < -0.3 is 65.8 Å². The number of rotatable bonds is 46. The number of hydrogen-bond acceptors (Lipinski definition) is 21. The first kappa shape index (κ1) is 91.0. The third-order valence-corrected chi connectivity index (χ3v) is 20.7. The minimum atomic E-state index is -1.09. The summed E-state index contributed by atoms with van der Waals surface area (Å²) in [6, 6.07) is 9.48. The van der Waals surface area contributed by atoms with E-state index in [0.29, 0.717) is 55.3 Å². The summed E-state index contributed by atoms with van der Waals surface area (Å²) in [7, 11) is 4.90. The number of benzene rings is 2.